The Bertz CT molecular complexity index is 542. The van der Waals surface area contributed by atoms with Crippen molar-refractivity contribution in [3.63, 3.8) is 0 Å². The Hall–Kier alpha value is -1.37. The zero-order chi connectivity index (χ0) is 13.7. The van der Waals surface area contributed by atoms with Crippen LogP contribution in [0.25, 0.3) is 10.2 Å². The average Bonchev–Trinajstić information content (AvgIpc) is 2.72. The number of hydrogen-bond donors (Lipinski definition) is 3. The number of nitrogens with two attached hydrogens (primary N) is 1. The van der Waals surface area contributed by atoms with E-state index in [9.17, 15) is 0 Å². The van der Waals surface area contributed by atoms with Crippen molar-refractivity contribution >= 4 is 32.9 Å². The Kier molecular flexibility index (Phi) is 4.95. The van der Waals surface area contributed by atoms with E-state index in [0.717, 1.165) is 39.6 Å². The minimum atomic E-state index is 0.0697. The Morgan fingerprint density at radius 3 is 3.05 bits per heavy atom. The second-order valence-corrected chi connectivity index (χ2v) is 5.49. The molecule has 0 spiro atoms. The summed E-state index contributed by atoms with van der Waals surface area (Å²) in [6.45, 7) is 3.87. The Morgan fingerprint density at radius 2 is 2.26 bits per heavy atom. The number of nitrogen functional groups attached to an aromatic ring is 1. The lowest BCUT2D eigenvalue weighted by atomic mass is 10.2. The molecule has 0 unspecified atom stereocenters. The number of rotatable bonds is 7. The molecule has 0 saturated carbocycles. The normalized spacial score (nSPS) is 11.1. The maximum Gasteiger partial charge on any atom is 0.0907 e. The van der Waals surface area contributed by atoms with Crippen LogP contribution in [0, 0.1) is 6.92 Å². The number of aliphatic hydroxyl groups excluding tert-OH is 1. The summed E-state index contributed by atoms with van der Waals surface area (Å²) in [6, 6.07) is 3.95. The van der Waals surface area contributed by atoms with Crippen LogP contribution < -0.4 is 11.1 Å². The van der Waals surface area contributed by atoms with Gasteiger partial charge in [-0.1, -0.05) is 0 Å². The fraction of sp³-hybridized carbons (Fsp3) is 0.462. The number of thiazole rings is 1. The van der Waals surface area contributed by atoms with Crippen molar-refractivity contribution in [2.75, 3.05) is 37.4 Å². The molecule has 4 N–H and O–H groups in total. The monoisotopic (exact) mass is 281 g/mol. The summed E-state index contributed by atoms with van der Waals surface area (Å²) in [6.07, 6.45) is 0.869. The smallest absolute Gasteiger partial charge is 0.0907 e. The average molecular weight is 281 g/mol. The lowest BCUT2D eigenvalue weighted by Gasteiger charge is -2.09. The lowest BCUT2D eigenvalue weighted by molar-refractivity contribution is 0.0922. The van der Waals surface area contributed by atoms with Crippen molar-refractivity contribution in [1.82, 2.24) is 4.98 Å². The molecule has 0 aliphatic rings. The zero-order valence-electron chi connectivity index (χ0n) is 11.0. The first kappa shape index (κ1) is 14.0. The number of aliphatic hydroxyl groups is 1. The molecule has 0 bridgehead atoms. The number of fused-ring (bicyclic) bond motifs is 1. The highest BCUT2D eigenvalue weighted by Gasteiger charge is 2.05. The third-order valence-corrected chi connectivity index (χ3v) is 3.62. The van der Waals surface area contributed by atoms with Gasteiger partial charge in [-0.25, -0.2) is 4.98 Å². The minimum Gasteiger partial charge on any atom is -0.397 e. The van der Waals surface area contributed by atoms with Gasteiger partial charge in [0.15, 0.2) is 0 Å². The summed E-state index contributed by atoms with van der Waals surface area (Å²) >= 11 is 1.65. The van der Waals surface area contributed by atoms with Gasteiger partial charge in [-0.2, -0.15) is 0 Å². The lowest BCUT2D eigenvalue weighted by Crippen LogP contribution is -2.08. The molecule has 5 nitrogen and oxygen atoms in total. The molecule has 0 atom stereocenters. The fourth-order valence-electron chi connectivity index (χ4n) is 1.82. The number of nitrogens with zero attached hydrogens (tertiary/aromatic N) is 1. The number of nitrogens with one attached hydrogen (secondary N) is 1. The highest BCUT2D eigenvalue weighted by molar-refractivity contribution is 7.18. The molecule has 0 aliphatic heterocycles. The number of aromatic nitrogens is 1. The van der Waals surface area contributed by atoms with E-state index in [1.54, 1.807) is 11.3 Å². The molecule has 0 amide bonds. The molecular weight excluding hydrogens is 262 g/mol. The van der Waals surface area contributed by atoms with Gasteiger partial charge < -0.3 is 20.9 Å². The number of benzene rings is 1. The van der Waals surface area contributed by atoms with E-state index in [2.05, 4.69) is 10.3 Å². The van der Waals surface area contributed by atoms with Crippen LogP contribution in [-0.2, 0) is 4.74 Å². The van der Waals surface area contributed by atoms with Gasteiger partial charge in [0, 0.05) is 13.2 Å². The van der Waals surface area contributed by atoms with Crippen LogP contribution >= 0.6 is 11.3 Å². The van der Waals surface area contributed by atoms with E-state index in [1.807, 2.05) is 19.1 Å². The van der Waals surface area contributed by atoms with E-state index in [0.29, 0.717) is 13.2 Å². The van der Waals surface area contributed by atoms with Crippen LogP contribution in [0.3, 0.4) is 0 Å². The maximum absolute atomic E-state index is 8.58. The standard InChI is InChI=1S/C13H19N3O2S/c1-9-16-12-8-11(10(14)7-13(12)19-9)15-3-2-5-18-6-4-17/h7-8,15,17H,2-6,14H2,1H3. The van der Waals surface area contributed by atoms with Crippen molar-refractivity contribution in [1.29, 1.82) is 0 Å². The van der Waals surface area contributed by atoms with Crippen molar-refractivity contribution in [2.24, 2.45) is 0 Å². The van der Waals surface area contributed by atoms with E-state index in [-0.39, 0.29) is 6.61 Å². The number of anilines is 2. The molecule has 19 heavy (non-hydrogen) atoms. The number of ether oxygens (including phenoxy) is 1. The van der Waals surface area contributed by atoms with Crippen LogP contribution in [0.1, 0.15) is 11.4 Å². The molecule has 1 aromatic heterocycles. The van der Waals surface area contributed by atoms with Gasteiger partial charge in [0.25, 0.3) is 0 Å². The van der Waals surface area contributed by atoms with Crippen LogP contribution in [-0.4, -0.2) is 36.5 Å². The molecule has 2 aromatic rings. The van der Waals surface area contributed by atoms with Crippen molar-refractivity contribution in [2.45, 2.75) is 13.3 Å². The highest BCUT2D eigenvalue weighted by atomic mass is 32.1. The summed E-state index contributed by atoms with van der Waals surface area (Å²) in [5.74, 6) is 0. The molecular formula is C13H19N3O2S. The Morgan fingerprint density at radius 1 is 1.42 bits per heavy atom. The van der Waals surface area contributed by atoms with E-state index < -0.39 is 0 Å². The van der Waals surface area contributed by atoms with E-state index in [1.165, 1.54) is 0 Å². The third-order valence-electron chi connectivity index (χ3n) is 2.68. The molecule has 0 fully saturated rings. The zero-order valence-corrected chi connectivity index (χ0v) is 11.8. The van der Waals surface area contributed by atoms with Gasteiger partial charge in [0.2, 0.25) is 0 Å². The van der Waals surface area contributed by atoms with Gasteiger partial charge in [-0.05, 0) is 25.5 Å². The Balaban J connectivity index is 1.91. The van der Waals surface area contributed by atoms with Crippen molar-refractivity contribution in [3.8, 4) is 0 Å². The van der Waals surface area contributed by atoms with Crippen LogP contribution in [0.15, 0.2) is 12.1 Å². The van der Waals surface area contributed by atoms with Gasteiger partial charge in [0.05, 0.1) is 39.8 Å². The minimum absolute atomic E-state index is 0.0697. The van der Waals surface area contributed by atoms with Gasteiger partial charge in [-0.3, -0.25) is 0 Å². The van der Waals surface area contributed by atoms with Crippen LogP contribution in [0.4, 0.5) is 11.4 Å². The molecule has 2 rings (SSSR count). The predicted molar refractivity (Wildman–Crippen MR) is 79.8 cm³/mol. The topological polar surface area (TPSA) is 80.4 Å². The highest BCUT2D eigenvalue weighted by Crippen LogP contribution is 2.29. The first-order chi connectivity index (χ1) is 9.20. The molecule has 6 heteroatoms. The summed E-state index contributed by atoms with van der Waals surface area (Å²) in [5, 5.41) is 12.9. The third kappa shape index (κ3) is 3.79. The molecule has 0 radical (unpaired) electrons. The second kappa shape index (κ2) is 6.70. The molecule has 0 saturated heterocycles. The van der Waals surface area contributed by atoms with Gasteiger partial charge >= 0.3 is 0 Å². The maximum atomic E-state index is 8.58. The van der Waals surface area contributed by atoms with Crippen LogP contribution in [0.5, 0.6) is 0 Å². The number of hydrogen-bond acceptors (Lipinski definition) is 6. The molecule has 104 valence electrons. The summed E-state index contributed by atoms with van der Waals surface area (Å²) in [4.78, 5) is 4.45. The van der Waals surface area contributed by atoms with Gasteiger partial charge in [0.1, 0.15) is 0 Å². The largest absolute Gasteiger partial charge is 0.397 e. The van der Waals surface area contributed by atoms with Crippen LogP contribution in [0.2, 0.25) is 0 Å². The molecule has 1 aromatic carbocycles. The van der Waals surface area contributed by atoms with E-state index >= 15 is 0 Å². The van der Waals surface area contributed by atoms with E-state index in [4.69, 9.17) is 15.6 Å². The summed E-state index contributed by atoms with van der Waals surface area (Å²) in [7, 11) is 0. The SMILES string of the molecule is Cc1nc2cc(NCCCOCCO)c(N)cc2s1. The van der Waals surface area contributed by atoms with Crippen molar-refractivity contribution in [3.05, 3.63) is 17.1 Å². The molecule has 1 heterocycles. The Labute approximate surface area is 116 Å². The first-order valence-corrected chi connectivity index (χ1v) is 7.11. The predicted octanol–water partition coefficient (Wildman–Crippen LogP) is 2.00. The fourth-order valence-corrected chi connectivity index (χ4v) is 2.68. The van der Waals surface area contributed by atoms with Crippen molar-refractivity contribution < 1.29 is 9.84 Å². The summed E-state index contributed by atoms with van der Waals surface area (Å²) in [5.41, 5.74) is 8.65. The number of aryl methyl sites for hydroxylation is 1. The summed E-state index contributed by atoms with van der Waals surface area (Å²) < 4.78 is 6.31. The quantitative estimate of drug-likeness (QED) is 0.534. The molecule has 0 aliphatic carbocycles. The van der Waals surface area contributed by atoms with Gasteiger partial charge in [-0.15, -0.1) is 11.3 Å². The first-order valence-electron chi connectivity index (χ1n) is 6.30. The second-order valence-electron chi connectivity index (χ2n) is 4.26.